The third-order valence-electron chi connectivity index (χ3n) is 6.18. The lowest BCUT2D eigenvalue weighted by atomic mass is 9.69. The lowest BCUT2D eigenvalue weighted by Gasteiger charge is -2.36. The van der Waals surface area contributed by atoms with Gasteiger partial charge in [0.25, 0.3) is 5.91 Å². The number of benzene rings is 2. The topological polar surface area (TPSA) is 67.4 Å². The van der Waals surface area contributed by atoms with Gasteiger partial charge in [0.2, 0.25) is 5.91 Å². The molecule has 5 nitrogen and oxygen atoms in total. The SMILES string of the molecule is O=C(COc1ccc(Cl)c(F)c1)NC1CC2(C(=O)NCc3ccc(SC(F)(F)F)cc3)CC1C2. The zero-order valence-electron chi connectivity index (χ0n) is 17.8. The molecule has 0 saturated heterocycles. The Bertz CT molecular complexity index is 1070. The van der Waals surface area contributed by atoms with Crippen molar-refractivity contribution in [2.24, 2.45) is 11.3 Å². The molecule has 2 aromatic rings. The lowest BCUT2D eigenvalue weighted by molar-refractivity contribution is -0.135. The summed E-state index contributed by atoms with van der Waals surface area (Å²) in [6.45, 7) is -0.0726. The predicted molar refractivity (Wildman–Crippen MR) is 119 cm³/mol. The molecular formula is C23H21ClF4N2O3S. The van der Waals surface area contributed by atoms with Gasteiger partial charge in [-0.05, 0) is 66.8 Å². The summed E-state index contributed by atoms with van der Waals surface area (Å²) in [4.78, 5) is 25.1. The number of halogens is 5. The molecule has 0 heterocycles. The molecule has 182 valence electrons. The number of amides is 2. The molecule has 0 radical (unpaired) electrons. The summed E-state index contributed by atoms with van der Waals surface area (Å²) in [5, 5.41) is 5.71. The van der Waals surface area contributed by atoms with Crippen molar-refractivity contribution in [3.8, 4) is 5.75 Å². The van der Waals surface area contributed by atoms with Crippen LogP contribution in [0.1, 0.15) is 24.8 Å². The standard InChI is InChI=1S/C23H21ClF4N2O3S/c24-17-6-3-15(7-18(17)25)33-12-20(31)30-19-10-22(8-14(19)9-22)21(32)29-11-13-1-4-16(5-2-13)34-23(26,27)28/h1-7,14,19H,8-12H2,(H,29,32)(H,30,31). The molecule has 3 fully saturated rings. The fourth-order valence-electron chi connectivity index (χ4n) is 4.57. The summed E-state index contributed by atoms with van der Waals surface area (Å²) < 4.78 is 56.1. The second-order valence-electron chi connectivity index (χ2n) is 8.57. The Morgan fingerprint density at radius 2 is 1.82 bits per heavy atom. The fraction of sp³-hybridized carbons (Fsp3) is 0.391. The summed E-state index contributed by atoms with van der Waals surface area (Å²) in [6, 6.07) is 9.62. The summed E-state index contributed by atoms with van der Waals surface area (Å²) in [6.07, 6.45) is 1.83. The van der Waals surface area contributed by atoms with Gasteiger partial charge in [0.15, 0.2) is 6.61 Å². The maximum Gasteiger partial charge on any atom is 0.446 e. The largest absolute Gasteiger partial charge is 0.484 e. The quantitative estimate of drug-likeness (QED) is 0.380. The van der Waals surface area contributed by atoms with E-state index in [1.807, 2.05) is 0 Å². The van der Waals surface area contributed by atoms with Crippen LogP contribution in [-0.2, 0) is 16.1 Å². The third kappa shape index (κ3) is 5.78. The highest BCUT2D eigenvalue weighted by Gasteiger charge is 2.60. The number of thioether (sulfide) groups is 1. The van der Waals surface area contributed by atoms with Gasteiger partial charge in [0.1, 0.15) is 11.6 Å². The van der Waals surface area contributed by atoms with E-state index in [-0.39, 0.29) is 64.4 Å². The molecule has 2 bridgehead atoms. The average molecular weight is 517 g/mol. The molecule has 2 aromatic carbocycles. The van der Waals surface area contributed by atoms with Crippen LogP contribution in [0.3, 0.4) is 0 Å². The normalized spacial score (nSPS) is 23.2. The molecule has 1 atom stereocenters. The summed E-state index contributed by atoms with van der Waals surface area (Å²) in [5.41, 5.74) is -4.19. The van der Waals surface area contributed by atoms with Crippen molar-refractivity contribution in [1.82, 2.24) is 10.6 Å². The van der Waals surface area contributed by atoms with Gasteiger partial charge >= 0.3 is 5.51 Å². The monoisotopic (exact) mass is 516 g/mol. The molecular weight excluding hydrogens is 496 g/mol. The highest BCUT2D eigenvalue weighted by molar-refractivity contribution is 8.00. The number of rotatable bonds is 8. The van der Waals surface area contributed by atoms with E-state index >= 15 is 0 Å². The Hall–Kier alpha value is -2.46. The van der Waals surface area contributed by atoms with Gasteiger partial charge < -0.3 is 15.4 Å². The summed E-state index contributed by atoms with van der Waals surface area (Å²) in [7, 11) is 0. The van der Waals surface area contributed by atoms with E-state index in [1.54, 1.807) is 12.1 Å². The molecule has 3 saturated carbocycles. The number of nitrogens with one attached hydrogen (secondary N) is 2. The number of hydrogen-bond acceptors (Lipinski definition) is 4. The molecule has 2 amide bonds. The van der Waals surface area contributed by atoms with Crippen molar-refractivity contribution in [1.29, 1.82) is 0 Å². The minimum atomic E-state index is -4.34. The van der Waals surface area contributed by atoms with Crippen LogP contribution < -0.4 is 15.4 Å². The van der Waals surface area contributed by atoms with Crippen LogP contribution in [0, 0.1) is 17.2 Å². The highest BCUT2D eigenvalue weighted by Crippen LogP contribution is 2.58. The van der Waals surface area contributed by atoms with Crippen molar-refractivity contribution >= 4 is 35.2 Å². The maximum absolute atomic E-state index is 13.5. The van der Waals surface area contributed by atoms with Crippen molar-refractivity contribution in [3.05, 3.63) is 58.9 Å². The van der Waals surface area contributed by atoms with Crippen LogP contribution in [0.15, 0.2) is 47.4 Å². The van der Waals surface area contributed by atoms with E-state index < -0.39 is 16.7 Å². The predicted octanol–water partition coefficient (Wildman–Crippen LogP) is 5.07. The Labute approximate surface area is 202 Å². The van der Waals surface area contributed by atoms with Gasteiger partial charge in [-0.15, -0.1) is 0 Å². The number of carbonyl (C=O) groups is 2. The summed E-state index contributed by atoms with van der Waals surface area (Å²) in [5.74, 6) is -0.738. The molecule has 5 rings (SSSR count). The van der Waals surface area contributed by atoms with Gasteiger partial charge in [-0.1, -0.05) is 23.7 Å². The number of fused-ring (bicyclic) bond motifs is 1. The Kier molecular flexibility index (Phi) is 7.00. The van der Waals surface area contributed by atoms with Crippen molar-refractivity contribution in [2.75, 3.05) is 6.61 Å². The lowest BCUT2D eigenvalue weighted by Crippen LogP contribution is -2.44. The van der Waals surface area contributed by atoms with Crippen molar-refractivity contribution in [3.63, 3.8) is 0 Å². The number of alkyl halides is 3. The average Bonchev–Trinajstić information content (AvgIpc) is 3.28. The van der Waals surface area contributed by atoms with Crippen LogP contribution in [0.4, 0.5) is 17.6 Å². The van der Waals surface area contributed by atoms with Crippen LogP contribution in [0.25, 0.3) is 0 Å². The maximum atomic E-state index is 13.5. The van der Waals surface area contributed by atoms with Crippen molar-refractivity contribution in [2.45, 2.75) is 42.3 Å². The van der Waals surface area contributed by atoms with E-state index in [2.05, 4.69) is 10.6 Å². The van der Waals surface area contributed by atoms with Gasteiger partial charge in [-0.2, -0.15) is 13.2 Å². The second kappa shape index (κ2) is 9.65. The van der Waals surface area contributed by atoms with Crippen molar-refractivity contribution < 1.29 is 31.9 Å². The zero-order valence-corrected chi connectivity index (χ0v) is 19.3. The summed E-state index contributed by atoms with van der Waals surface area (Å²) >= 11 is 5.44. The zero-order chi connectivity index (χ0) is 24.5. The highest BCUT2D eigenvalue weighted by atomic mass is 35.5. The van der Waals surface area contributed by atoms with Gasteiger partial charge in [0, 0.05) is 23.5 Å². The van der Waals surface area contributed by atoms with E-state index in [0.717, 1.165) is 6.07 Å². The Morgan fingerprint density at radius 1 is 1.12 bits per heavy atom. The van der Waals surface area contributed by atoms with Crippen LogP contribution in [0.5, 0.6) is 5.75 Å². The molecule has 34 heavy (non-hydrogen) atoms. The van der Waals surface area contributed by atoms with Crippen LogP contribution in [0.2, 0.25) is 5.02 Å². The molecule has 11 heteroatoms. The first-order valence-electron chi connectivity index (χ1n) is 10.5. The third-order valence-corrected chi connectivity index (χ3v) is 7.23. The Balaban J connectivity index is 1.22. The van der Waals surface area contributed by atoms with Crippen LogP contribution in [-0.4, -0.2) is 30.0 Å². The van der Waals surface area contributed by atoms with E-state index in [9.17, 15) is 27.2 Å². The van der Waals surface area contributed by atoms with Gasteiger partial charge in [-0.3, -0.25) is 9.59 Å². The minimum absolute atomic E-state index is 0.0384. The molecule has 3 aliphatic carbocycles. The first-order chi connectivity index (χ1) is 16.0. The first-order valence-corrected chi connectivity index (χ1v) is 11.7. The van der Waals surface area contributed by atoms with Crippen LogP contribution >= 0.6 is 23.4 Å². The number of carbonyl (C=O) groups excluding carboxylic acids is 2. The minimum Gasteiger partial charge on any atom is -0.484 e. The molecule has 3 aliphatic rings. The molecule has 1 unspecified atom stereocenters. The smallest absolute Gasteiger partial charge is 0.446 e. The van der Waals surface area contributed by atoms with E-state index in [1.165, 1.54) is 24.3 Å². The van der Waals surface area contributed by atoms with Gasteiger partial charge in [0.05, 0.1) is 10.4 Å². The fourth-order valence-corrected chi connectivity index (χ4v) is 5.23. The number of hydrogen-bond donors (Lipinski definition) is 2. The van der Waals surface area contributed by atoms with Gasteiger partial charge in [-0.25, -0.2) is 4.39 Å². The number of ether oxygens (including phenoxy) is 1. The molecule has 0 spiro atoms. The van der Waals surface area contributed by atoms with E-state index in [0.29, 0.717) is 24.8 Å². The first kappa shape index (κ1) is 24.7. The van der Waals surface area contributed by atoms with E-state index in [4.69, 9.17) is 16.3 Å². The molecule has 0 aromatic heterocycles. The molecule has 0 aliphatic heterocycles. The molecule has 2 N–H and O–H groups in total. The second-order valence-corrected chi connectivity index (χ2v) is 10.1. The Morgan fingerprint density at radius 3 is 2.47 bits per heavy atom.